The number of hydrogen-bond donors (Lipinski definition) is 0. The lowest BCUT2D eigenvalue weighted by Gasteiger charge is -2.23. The largest absolute Gasteiger partial charge is 0.468 e. The molecule has 6 nitrogen and oxygen atoms in total. The molecule has 1 aliphatic rings. The Morgan fingerprint density at radius 1 is 1.20 bits per heavy atom. The maximum absolute atomic E-state index is 12.3. The molecule has 0 aliphatic heterocycles. The van der Waals surface area contributed by atoms with Crippen molar-refractivity contribution in [2.24, 2.45) is 0 Å². The van der Waals surface area contributed by atoms with Crippen LogP contribution in [0.25, 0.3) is 20.8 Å². The van der Waals surface area contributed by atoms with E-state index in [9.17, 15) is 14.4 Å². The molecule has 0 unspecified atom stereocenters. The van der Waals surface area contributed by atoms with Gasteiger partial charge < -0.3 is 14.0 Å². The first kappa shape index (κ1) is 20.8. The number of hydrogen-bond acceptors (Lipinski definition) is 7. The van der Waals surface area contributed by atoms with Crippen LogP contribution in [0.4, 0.5) is 0 Å². The van der Waals surface area contributed by atoms with E-state index in [0.29, 0.717) is 16.4 Å². The summed E-state index contributed by atoms with van der Waals surface area (Å²) in [5, 5.41) is 1.90. The van der Waals surface area contributed by atoms with E-state index in [1.165, 1.54) is 43.3 Å². The molecule has 0 bridgehead atoms. The van der Waals surface area contributed by atoms with E-state index in [4.69, 9.17) is 9.47 Å². The van der Waals surface area contributed by atoms with Crippen molar-refractivity contribution in [2.75, 3.05) is 14.2 Å². The molecule has 0 radical (unpaired) electrons. The van der Waals surface area contributed by atoms with Crippen LogP contribution in [-0.2, 0) is 20.8 Å². The van der Waals surface area contributed by atoms with Crippen molar-refractivity contribution in [3.8, 4) is 10.6 Å². The number of carbonyl (C=O) groups is 3. The number of methoxy groups -OCH3 is 2. The number of aldehydes is 1. The van der Waals surface area contributed by atoms with Crippen LogP contribution in [0.2, 0.25) is 0 Å². The summed E-state index contributed by atoms with van der Waals surface area (Å²) >= 11 is 2.90. The lowest BCUT2D eigenvalue weighted by molar-refractivity contribution is -0.141. The molecule has 1 saturated carbocycles. The number of esters is 2. The number of thiophene rings is 2. The summed E-state index contributed by atoms with van der Waals surface area (Å²) in [6, 6.07) is 3.60. The van der Waals surface area contributed by atoms with E-state index in [1.807, 2.05) is 9.95 Å². The van der Waals surface area contributed by atoms with Crippen LogP contribution in [0.15, 0.2) is 17.5 Å². The number of rotatable bonds is 6. The monoisotopic (exact) mass is 445 g/mol. The van der Waals surface area contributed by atoms with E-state index in [-0.39, 0.29) is 18.5 Å². The highest BCUT2D eigenvalue weighted by atomic mass is 32.1. The fourth-order valence-corrected chi connectivity index (χ4v) is 6.47. The Morgan fingerprint density at radius 2 is 1.97 bits per heavy atom. The zero-order valence-corrected chi connectivity index (χ0v) is 18.6. The fourth-order valence-electron chi connectivity index (χ4n) is 4.33. The van der Waals surface area contributed by atoms with Crippen molar-refractivity contribution in [3.05, 3.63) is 33.5 Å². The molecule has 3 aromatic heterocycles. The minimum atomic E-state index is -0.387. The molecule has 0 spiro atoms. The summed E-state index contributed by atoms with van der Waals surface area (Å²) in [5.74, 6) is -0.444. The summed E-state index contributed by atoms with van der Waals surface area (Å²) in [5.41, 5.74) is 3.47. The third-order valence-corrected chi connectivity index (χ3v) is 7.80. The number of aromatic nitrogens is 1. The molecule has 30 heavy (non-hydrogen) atoms. The van der Waals surface area contributed by atoms with Gasteiger partial charge in [-0.15, -0.1) is 22.7 Å². The summed E-state index contributed by atoms with van der Waals surface area (Å²) in [6.45, 7) is 0.0165. The second-order valence-electron chi connectivity index (χ2n) is 7.40. The minimum Gasteiger partial charge on any atom is -0.468 e. The van der Waals surface area contributed by atoms with Crippen LogP contribution in [0.3, 0.4) is 0 Å². The molecular weight excluding hydrogens is 422 g/mol. The normalized spacial score (nSPS) is 14.7. The van der Waals surface area contributed by atoms with Crippen LogP contribution >= 0.6 is 22.7 Å². The molecule has 0 aromatic carbocycles. The first-order valence-corrected chi connectivity index (χ1v) is 11.6. The molecule has 158 valence electrons. The van der Waals surface area contributed by atoms with Crippen LogP contribution in [0.5, 0.6) is 0 Å². The highest BCUT2D eigenvalue weighted by Gasteiger charge is 2.31. The van der Waals surface area contributed by atoms with Crippen molar-refractivity contribution in [2.45, 2.75) is 44.6 Å². The van der Waals surface area contributed by atoms with Crippen molar-refractivity contribution in [1.29, 1.82) is 0 Å². The molecule has 0 N–H and O–H groups in total. The van der Waals surface area contributed by atoms with Gasteiger partial charge in [-0.1, -0.05) is 19.3 Å². The Hall–Kier alpha value is -2.45. The minimum absolute atomic E-state index is 0.0165. The van der Waals surface area contributed by atoms with E-state index < -0.39 is 0 Å². The van der Waals surface area contributed by atoms with Gasteiger partial charge in [0, 0.05) is 5.56 Å². The second kappa shape index (κ2) is 8.73. The zero-order chi connectivity index (χ0) is 21.3. The Kier molecular flexibility index (Phi) is 6.06. The summed E-state index contributed by atoms with van der Waals surface area (Å²) in [6.07, 6.45) is 6.48. The average molecular weight is 446 g/mol. The highest BCUT2D eigenvalue weighted by molar-refractivity contribution is 7.21. The zero-order valence-electron chi connectivity index (χ0n) is 16.9. The van der Waals surface area contributed by atoms with E-state index in [1.54, 1.807) is 12.1 Å². The van der Waals surface area contributed by atoms with Gasteiger partial charge in [0.2, 0.25) is 0 Å². The molecule has 3 heterocycles. The van der Waals surface area contributed by atoms with Crippen LogP contribution in [-0.4, -0.2) is 37.0 Å². The molecule has 0 atom stereocenters. The third kappa shape index (κ3) is 3.58. The number of fused-ring (bicyclic) bond motifs is 1. The van der Waals surface area contributed by atoms with Gasteiger partial charge in [-0.05, 0) is 41.8 Å². The number of ether oxygens (including phenoxy) is 2. The molecule has 8 heteroatoms. The van der Waals surface area contributed by atoms with Crippen molar-refractivity contribution < 1.29 is 23.9 Å². The molecule has 0 amide bonds. The maximum Gasteiger partial charge on any atom is 0.348 e. The predicted octanol–water partition coefficient (Wildman–Crippen LogP) is 5.25. The predicted molar refractivity (Wildman–Crippen MR) is 118 cm³/mol. The number of nitrogens with zero attached hydrogens (tertiary/aromatic N) is 1. The number of carbonyl (C=O) groups excluding carboxylic acids is 3. The SMILES string of the molecule is COC(=O)Cn1c(-c2sccc2C=O)c(C2CCCCC2)c2sc(C(=O)OC)cc21. The third-order valence-electron chi connectivity index (χ3n) is 5.73. The Morgan fingerprint density at radius 3 is 2.63 bits per heavy atom. The van der Waals surface area contributed by atoms with Gasteiger partial charge in [0.05, 0.1) is 35.0 Å². The lowest BCUT2D eigenvalue weighted by atomic mass is 9.83. The van der Waals surface area contributed by atoms with Gasteiger partial charge in [-0.2, -0.15) is 0 Å². The van der Waals surface area contributed by atoms with Crippen molar-refractivity contribution in [3.63, 3.8) is 0 Å². The van der Waals surface area contributed by atoms with Crippen LogP contribution in [0.1, 0.15) is 63.6 Å². The van der Waals surface area contributed by atoms with Crippen molar-refractivity contribution >= 4 is 51.1 Å². The second-order valence-corrected chi connectivity index (χ2v) is 9.37. The smallest absolute Gasteiger partial charge is 0.348 e. The molecule has 4 rings (SSSR count). The quantitative estimate of drug-likeness (QED) is 0.383. The fraction of sp³-hybridized carbons (Fsp3) is 0.409. The average Bonchev–Trinajstić information content (AvgIpc) is 3.48. The maximum atomic E-state index is 12.3. The van der Waals surface area contributed by atoms with Crippen LogP contribution < -0.4 is 0 Å². The van der Waals surface area contributed by atoms with Gasteiger partial charge in [0.1, 0.15) is 11.4 Å². The first-order chi connectivity index (χ1) is 14.6. The molecular formula is C22H23NO5S2. The highest BCUT2D eigenvalue weighted by Crippen LogP contribution is 2.48. The topological polar surface area (TPSA) is 74.6 Å². The first-order valence-electron chi connectivity index (χ1n) is 9.93. The standard InChI is InChI=1S/C22H23NO5S2/c1-27-17(25)11-23-15-10-16(22(26)28-2)30-21(15)18(13-6-4-3-5-7-13)19(23)20-14(12-24)8-9-29-20/h8-10,12-13H,3-7,11H2,1-2H3. The van der Waals surface area contributed by atoms with E-state index in [2.05, 4.69) is 0 Å². The summed E-state index contributed by atoms with van der Waals surface area (Å²) in [7, 11) is 2.73. The summed E-state index contributed by atoms with van der Waals surface area (Å²) in [4.78, 5) is 37.6. The van der Waals surface area contributed by atoms with E-state index in [0.717, 1.165) is 58.3 Å². The van der Waals surface area contributed by atoms with Crippen molar-refractivity contribution in [1.82, 2.24) is 4.57 Å². The Labute approximate surface area is 182 Å². The molecule has 0 saturated heterocycles. The van der Waals surface area contributed by atoms with Gasteiger partial charge in [-0.25, -0.2) is 4.79 Å². The Bertz CT molecular complexity index is 1100. The molecule has 1 fully saturated rings. The van der Waals surface area contributed by atoms with Gasteiger partial charge in [-0.3, -0.25) is 9.59 Å². The Balaban J connectivity index is 2.02. The molecule has 3 aromatic rings. The summed E-state index contributed by atoms with van der Waals surface area (Å²) < 4.78 is 12.8. The van der Waals surface area contributed by atoms with Gasteiger partial charge >= 0.3 is 11.9 Å². The van der Waals surface area contributed by atoms with Gasteiger partial charge in [0.25, 0.3) is 0 Å². The van der Waals surface area contributed by atoms with Gasteiger partial charge in [0.15, 0.2) is 6.29 Å². The van der Waals surface area contributed by atoms with E-state index >= 15 is 0 Å². The molecule has 1 aliphatic carbocycles. The lowest BCUT2D eigenvalue weighted by Crippen LogP contribution is -2.13. The van der Waals surface area contributed by atoms with Crippen LogP contribution in [0, 0.1) is 0 Å².